The number of hydrazone groups is 1. The van der Waals surface area contributed by atoms with Crippen LogP contribution in [0.1, 0.15) is 59.3 Å². The van der Waals surface area contributed by atoms with Gasteiger partial charge in [0.1, 0.15) is 5.54 Å². The Morgan fingerprint density at radius 1 is 1.32 bits per heavy atom. The molecule has 8 atom stereocenters. The summed E-state index contributed by atoms with van der Waals surface area (Å²) in [4.78, 5) is 37.6. The molecule has 5 aliphatic rings. The van der Waals surface area contributed by atoms with E-state index in [1.807, 2.05) is 13.8 Å². The van der Waals surface area contributed by atoms with Gasteiger partial charge < -0.3 is 9.84 Å². The van der Waals surface area contributed by atoms with Crippen molar-refractivity contribution < 1.29 is 28.6 Å². The lowest BCUT2D eigenvalue weighted by Crippen LogP contribution is -2.71. The second-order valence-electron chi connectivity index (χ2n) is 11.1. The highest BCUT2D eigenvalue weighted by atomic mass is 19.1. The second kappa shape index (κ2) is 7.57. The molecule has 7 nitrogen and oxygen atoms in total. The Morgan fingerprint density at radius 2 is 2.09 bits per heavy atom. The van der Waals surface area contributed by atoms with Gasteiger partial charge in [0.2, 0.25) is 0 Å². The molecular weight excluding hydrogens is 439 g/mol. The zero-order chi connectivity index (χ0) is 24.5. The number of rotatable bonds is 5. The molecule has 0 aromatic heterocycles. The number of aliphatic hydroxyl groups is 1. The molecule has 184 valence electrons. The SMILES string of the molecule is CCCC(=O)OCC(=O)[C@@]12NN=C[C@@H]1C[C@H]1[C@@H]3CCC4=CC(=O)C=C[C@]4(C)[C@@]3(F)[C@@H](O)C[C@@]12C. The lowest BCUT2D eigenvalue weighted by atomic mass is 9.44. The Kier molecular flexibility index (Phi) is 5.21. The van der Waals surface area contributed by atoms with E-state index in [-0.39, 0.29) is 42.9 Å². The van der Waals surface area contributed by atoms with Crippen LogP contribution >= 0.6 is 0 Å². The molecule has 2 N–H and O–H groups in total. The first-order valence-electron chi connectivity index (χ1n) is 12.3. The lowest BCUT2D eigenvalue weighted by Gasteiger charge is -2.62. The highest BCUT2D eigenvalue weighted by Crippen LogP contribution is 2.71. The summed E-state index contributed by atoms with van der Waals surface area (Å²) in [6, 6.07) is 0. The summed E-state index contributed by atoms with van der Waals surface area (Å²) < 4.78 is 22.5. The number of ether oxygens (including phenoxy) is 1. The predicted molar refractivity (Wildman–Crippen MR) is 122 cm³/mol. The summed E-state index contributed by atoms with van der Waals surface area (Å²) in [5.74, 6) is -1.81. The van der Waals surface area contributed by atoms with Crippen molar-refractivity contribution >= 4 is 23.8 Å². The van der Waals surface area contributed by atoms with Crippen molar-refractivity contribution in [3.63, 3.8) is 0 Å². The topological polar surface area (TPSA) is 105 Å². The van der Waals surface area contributed by atoms with Gasteiger partial charge in [0, 0.05) is 35.3 Å². The fourth-order valence-corrected chi connectivity index (χ4v) is 8.06. The Bertz CT molecular complexity index is 1040. The summed E-state index contributed by atoms with van der Waals surface area (Å²) in [6.07, 6.45) is 7.50. The smallest absolute Gasteiger partial charge is 0.306 e. The molecule has 3 fully saturated rings. The highest BCUT2D eigenvalue weighted by Gasteiger charge is 2.77. The molecule has 4 aliphatic carbocycles. The molecule has 0 aromatic carbocycles. The van der Waals surface area contributed by atoms with Crippen molar-refractivity contribution in [3.05, 3.63) is 23.8 Å². The van der Waals surface area contributed by atoms with Crippen LogP contribution in [0.4, 0.5) is 4.39 Å². The van der Waals surface area contributed by atoms with Crippen molar-refractivity contribution in [1.82, 2.24) is 5.43 Å². The number of Topliss-reactive ketones (excluding diaryl/α,β-unsaturated/α-hetero) is 1. The number of hydrogen-bond donors (Lipinski definition) is 2. The van der Waals surface area contributed by atoms with E-state index in [0.717, 1.165) is 5.57 Å². The lowest BCUT2D eigenvalue weighted by molar-refractivity contribution is -0.200. The van der Waals surface area contributed by atoms with Crippen LogP contribution in [-0.2, 0) is 19.1 Å². The minimum atomic E-state index is -1.95. The molecule has 0 saturated heterocycles. The number of hydrogen-bond acceptors (Lipinski definition) is 7. The van der Waals surface area contributed by atoms with Gasteiger partial charge in [-0.15, -0.1) is 0 Å². The fraction of sp³-hybridized carbons (Fsp3) is 0.692. The van der Waals surface area contributed by atoms with Crippen LogP contribution in [0.2, 0.25) is 0 Å². The van der Waals surface area contributed by atoms with Gasteiger partial charge in [-0.25, -0.2) is 4.39 Å². The van der Waals surface area contributed by atoms with Gasteiger partial charge >= 0.3 is 5.97 Å². The van der Waals surface area contributed by atoms with Crippen molar-refractivity contribution in [2.45, 2.75) is 76.6 Å². The molecule has 0 spiro atoms. The Morgan fingerprint density at radius 3 is 2.82 bits per heavy atom. The van der Waals surface area contributed by atoms with Gasteiger partial charge in [-0.3, -0.25) is 19.8 Å². The molecular formula is C26H33FN2O5. The first kappa shape index (κ1) is 23.4. The number of carbonyl (C=O) groups is 3. The van der Waals surface area contributed by atoms with Crippen LogP contribution in [0.25, 0.3) is 0 Å². The minimum Gasteiger partial charge on any atom is -0.458 e. The number of fused-ring (bicyclic) bond motifs is 7. The van der Waals surface area contributed by atoms with Gasteiger partial charge in [-0.2, -0.15) is 5.10 Å². The van der Waals surface area contributed by atoms with Crippen LogP contribution in [0.5, 0.6) is 0 Å². The highest BCUT2D eigenvalue weighted by molar-refractivity contribution is 6.01. The summed E-state index contributed by atoms with van der Waals surface area (Å²) in [5, 5.41) is 15.7. The number of nitrogens with one attached hydrogen (secondary N) is 1. The summed E-state index contributed by atoms with van der Waals surface area (Å²) >= 11 is 0. The van der Waals surface area contributed by atoms with Gasteiger partial charge in [0.05, 0.1) is 6.10 Å². The largest absolute Gasteiger partial charge is 0.458 e. The van der Waals surface area contributed by atoms with E-state index in [1.165, 1.54) is 12.2 Å². The average molecular weight is 473 g/mol. The molecule has 0 radical (unpaired) electrons. The van der Waals surface area contributed by atoms with Gasteiger partial charge in [-0.1, -0.05) is 25.5 Å². The number of ketones is 2. The van der Waals surface area contributed by atoms with E-state index in [4.69, 9.17) is 4.74 Å². The maximum absolute atomic E-state index is 17.2. The third-order valence-corrected chi connectivity index (χ3v) is 9.75. The number of aliphatic hydroxyl groups excluding tert-OH is 1. The maximum Gasteiger partial charge on any atom is 0.306 e. The molecule has 0 amide bonds. The molecule has 34 heavy (non-hydrogen) atoms. The van der Waals surface area contributed by atoms with Gasteiger partial charge in [0.25, 0.3) is 0 Å². The van der Waals surface area contributed by atoms with E-state index in [2.05, 4.69) is 10.5 Å². The number of nitrogens with zero attached hydrogens (tertiary/aromatic N) is 1. The quantitative estimate of drug-likeness (QED) is 0.596. The van der Waals surface area contributed by atoms with Crippen LogP contribution < -0.4 is 5.43 Å². The maximum atomic E-state index is 17.2. The molecule has 1 heterocycles. The van der Waals surface area contributed by atoms with E-state index in [9.17, 15) is 19.5 Å². The zero-order valence-electron chi connectivity index (χ0n) is 20.0. The monoisotopic (exact) mass is 472 g/mol. The van der Waals surface area contributed by atoms with Crippen LogP contribution in [-0.4, -0.2) is 52.8 Å². The van der Waals surface area contributed by atoms with Gasteiger partial charge in [0.15, 0.2) is 23.8 Å². The van der Waals surface area contributed by atoms with E-state index < -0.39 is 40.0 Å². The van der Waals surface area contributed by atoms with Crippen molar-refractivity contribution in [2.24, 2.45) is 33.7 Å². The Labute approximate surface area is 198 Å². The zero-order valence-corrected chi connectivity index (χ0v) is 20.0. The number of carbonyl (C=O) groups excluding carboxylic acids is 3. The molecule has 5 rings (SSSR count). The molecule has 0 aromatic rings. The number of alkyl halides is 1. The van der Waals surface area contributed by atoms with Crippen LogP contribution in [0, 0.1) is 28.6 Å². The summed E-state index contributed by atoms with van der Waals surface area (Å²) in [5.41, 5.74) is -1.18. The third-order valence-electron chi connectivity index (χ3n) is 9.75. The average Bonchev–Trinajstić information content (AvgIpc) is 3.31. The van der Waals surface area contributed by atoms with Crippen molar-refractivity contribution in [3.8, 4) is 0 Å². The van der Waals surface area contributed by atoms with Crippen molar-refractivity contribution in [2.75, 3.05) is 6.61 Å². The second-order valence-corrected chi connectivity index (χ2v) is 11.1. The molecule has 3 saturated carbocycles. The third kappa shape index (κ3) is 2.72. The first-order valence-corrected chi connectivity index (χ1v) is 12.3. The summed E-state index contributed by atoms with van der Waals surface area (Å²) in [7, 11) is 0. The normalized spacial score (nSPS) is 46.0. The van der Waals surface area contributed by atoms with Crippen molar-refractivity contribution in [1.29, 1.82) is 0 Å². The Balaban J connectivity index is 1.51. The Hall–Kier alpha value is -2.35. The predicted octanol–water partition coefficient (Wildman–Crippen LogP) is 2.82. The molecule has 0 bridgehead atoms. The summed E-state index contributed by atoms with van der Waals surface area (Å²) in [6.45, 7) is 5.22. The molecule has 0 unspecified atom stereocenters. The van der Waals surface area contributed by atoms with E-state index in [1.54, 1.807) is 19.2 Å². The first-order chi connectivity index (χ1) is 16.0. The number of halogens is 1. The van der Waals surface area contributed by atoms with Crippen LogP contribution in [0.15, 0.2) is 28.9 Å². The van der Waals surface area contributed by atoms with E-state index in [0.29, 0.717) is 25.7 Å². The van der Waals surface area contributed by atoms with Gasteiger partial charge in [-0.05, 0) is 57.1 Å². The number of esters is 1. The molecule has 1 aliphatic heterocycles. The standard InChI is InChI=1S/C26H33FN2O5/c1-4-5-22(33)34-14-21(32)26-16(13-28-29-26)11-19-18-7-6-15-10-17(30)8-9-23(15,2)25(18,27)20(31)12-24(19,26)3/h8-10,13,16,18-20,29,31H,4-7,11-12,14H2,1-3H3/t16-,18-,19-,20-,23-,24-,25-,26-/m0/s1. The minimum absolute atomic E-state index is 0.0663. The number of allylic oxidation sites excluding steroid dienone is 4. The van der Waals surface area contributed by atoms with E-state index >= 15 is 4.39 Å². The fourth-order valence-electron chi connectivity index (χ4n) is 8.06. The van der Waals surface area contributed by atoms with Crippen LogP contribution in [0.3, 0.4) is 0 Å². The molecule has 8 heteroatoms.